The molecule has 1 spiro atoms. The number of hydrogen-bond donors (Lipinski definition) is 1. The molecule has 3 aromatic rings. The maximum Gasteiger partial charge on any atom is 0.408 e. The number of carbonyl (C=O) groups excluding carboxylic acids is 1. The van der Waals surface area contributed by atoms with Gasteiger partial charge in [0.15, 0.2) is 5.69 Å². The van der Waals surface area contributed by atoms with Gasteiger partial charge >= 0.3 is 6.09 Å². The lowest BCUT2D eigenvalue weighted by molar-refractivity contribution is 0.0428. The summed E-state index contributed by atoms with van der Waals surface area (Å²) < 4.78 is 19.6. The summed E-state index contributed by atoms with van der Waals surface area (Å²) in [5.41, 5.74) is 2.98. The molecule has 1 aliphatic carbocycles. The highest BCUT2D eigenvalue weighted by Crippen LogP contribution is 2.52. The SMILES string of the molecule is Cc1nc(N2CCC3(CC2)Cc2ccccc2[C@H]3NC(=O)OC(C)(C)C)nc(C#N)c1-c1ccnc(F)c1Cl. The van der Waals surface area contributed by atoms with E-state index < -0.39 is 17.6 Å². The lowest BCUT2D eigenvalue weighted by Gasteiger charge is -2.43. The second-order valence-electron chi connectivity index (χ2n) is 11.2. The summed E-state index contributed by atoms with van der Waals surface area (Å²) in [6.45, 7) is 8.61. The van der Waals surface area contributed by atoms with Crippen LogP contribution < -0.4 is 10.2 Å². The molecule has 1 aliphatic heterocycles. The van der Waals surface area contributed by atoms with Gasteiger partial charge in [0, 0.05) is 35.8 Å². The summed E-state index contributed by atoms with van der Waals surface area (Å²) in [5.74, 6) is -0.365. The Morgan fingerprint density at radius 2 is 1.95 bits per heavy atom. The molecular formula is C29H30ClFN6O2. The van der Waals surface area contributed by atoms with Gasteiger partial charge in [-0.3, -0.25) is 0 Å². The number of alkyl carbamates (subject to hydrolysis) is 1. The fourth-order valence-corrected chi connectivity index (χ4v) is 5.98. The molecule has 1 atom stereocenters. The molecule has 202 valence electrons. The summed E-state index contributed by atoms with van der Waals surface area (Å²) in [5, 5.41) is 12.9. The highest BCUT2D eigenvalue weighted by Gasteiger charge is 2.49. The van der Waals surface area contributed by atoms with Crippen molar-refractivity contribution in [2.24, 2.45) is 5.41 Å². The third-order valence-corrected chi connectivity index (χ3v) is 7.88. The molecule has 1 fully saturated rings. The number of ether oxygens (including phenoxy) is 1. The molecule has 3 heterocycles. The van der Waals surface area contributed by atoms with Gasteiger partial charge in [0.25, 0.3) is 0 Å². The molecule has 0 unspecified atom stereocenters. The fraction of sp³-hybridized carbons (Fsp3) is 0.414. The predicted octanol–water partition coefficient (Wildman–Crippen LogP) is 5.92. The lowest BCUT2D eigenvalue weighted by atomic mass is 9.73. The van der Waals surface area contributed by atoms with Crippen LogP contribution >= 0.6 is 11.6 Å². The van der Waals surface area contributed by atoms with E-state index >= 15 is 0 Å². The van der Waals surface area contributed by atoms with E-state index in [0.717, 1.165) is 24.8 Å². The Hall–Kier alpha value is -3.77. The summed E-state index contributed by atoms with van der Waals surface area (Å²) in [6.07, 6.45) is 3.30. The van der Waals surface area contributed by atoms with Gasteiger partial charge in [0.2, 0.25) is 11.9 Å². The van der Waals surface area contributed by atoms with E-state index in [9.17, 15) is 14.4 Å². The van der Waals surface area contributed by atoms with Crippen LogP contribution in [0.1, 0.15) is 62.2 Å². The Kier molecular flexibility index (Phi) is 6.93. The van der Waals surface area contributed by atoms with Crippen LogP contribution in [0.15, 0.2) is 36.5 Å². The Balaban J connectivity index is 1.40. The summed E-state index contributed by atoms with van der Waals surface area (Å²) in [4.78, 5) is 27.7. The monoisotopic (exact) mass is 548 g/mol. The molecule has 1 aromatic carbocycles. The number of halogens is 2. The van der Waals surface area contributed by atoms with Gasteiger partial charge in [0.1, 0.15) is 16.7 Å². The summed E-state index contributed by atoms with van der Waals surface area (Å²) >= 11 is 6.16. The highest BCUT2D eigenvalue weighted by molar-refractivity contribution is 6.33. The topological polar surface area (TPSA) is 104 Å². The zero-order valence-corrected chi connectivity index (χ0v) is 23.1. The van der Waals surface area contributed by atoms with E-state index in [0.29, 0.717) is 35.9 Å². The smallest absolute Gasteiger partial charge is 0.408 e. The van der Waals surface area contributed by atoms with Crippen LogP contribution in [-0.4, -0.2) is 39.7 Å². The predicted molar refractivity (Wildman–Crippen MR) is 146 cm³/mol. The minimum atomic E-state index is -0.810. The molecule has 2 aromatic heterocycles. The Labute approximate surface area is 232 Å². The second-order valence-corrected chi connectivity index (χ2v) is 11.6. The van der Waals surface area contributed by atoms with Crippen LogP contribution in [0.25, 0.3) is 11.1 Å². The third-order valence-electron chi connectivity index (χ3n) is 7.52. The first-order chi connectivity index (χ1) is 18.5. The van der Waals surface area contributed by atoms with Crippen LogP contribution in [-0.2, 0) is 11.2 Å². The van der Waals surface area contributed by atoms with Crippen molar-refractivity contribution >= 4 is 23.6 Å². The normalized spacial score (nSPS) is 18.0. The van der Waals surface area contributed by atoms with Gasteiger partial charge in [-0.2, -0.15) is 9.65 Å². The number of amides is 1. The van der Waals surface area contributed by atoms with Crippen LogP contribution in [0.2, 0.25) is 5.02 Å². The van der Waals surface area contributed by atoms with Gasteiger partial charge in [-0.15, -0.1) is 0 Å². The number of nitrogens with zero attached hydrogens (tertiary/aromatic N) is 5. The largest absolute Gasteiger partial charge is 0.444 e. The number of aryl methyl sites for hydroxylation is 1. The van der Waals surface area contributed by atoms with E-state index in [1.807, 2.05) is 32.9 Å². The molecular weight excluding hydrogens is 519 g/mol. The maximum absolute atomic E-state index is 14.0. The fourth-order valence-electron chi connectivity index (χ4n) is 5.78. The average Bonchev–Trinajstić information content (AvgIpc) is 3.17. The van der Waals surface area contributed by atoms with Gasteiger partial charge in [0.05, 0.1) is 11.7 Å². The van der Waals surface area contributed by atoms with Gasteiger partial charge in [-0.25, -0.2) is 19.7 Å². The molecule has 1 N–H and O–H groups in total. The van der Waals surface area contributed by atoms with E-state index in [1.54, 1.807) is 13.0 Å². The zero-order valence-electron chi connectivity index (χ0n) is 22.4. The standard InChI is InChI=1S/C29H30ClFN6O2/c1-17-22(20-9-12-33-25(31)23(20)30)21(16-32)35-26(34-17)37-13-10-29(11-14-37)15-18-7-5-6-8-19(18)24(29)36-27(38)39-28(2,3)4/h5-9,12,24H,10-11,13-15H2,1-4H3,(H,36,38)/t24-/m1/s1. The first-order valence-electron chi connectivity index (χ1n) is 12.9. The molecule has 0 radical (unpaired) electrons. The third kappa shape index (κ3) is 5.13. The number of hydrogen-bond acceptors (Lipinski definition) is 7. The van der Waals surface area contributed by atoms with Crippen LogP contribution in [0.4, 0.5) is 15.1 Å². The molecule has 39 heavy (non-hydrogen) atoms. The van der Waals surface area contributed by atoms with Crippen molar-refractivity contribution in [3.63, 3.8) is 0 Å². The molecule has 10 heteroatoms. The number of carbonyl (C=O) groups is 1. The Bertz CT molecular complexity index is 1470. The number of piperidine rings is 1. The zero-order chi connectivity index (χ0) is 27.9. The van der Waals surface area contributed by atoms with Gasteiger partial charge in [-0.05, 0) is 64.2 Å². The van der Waals surface area contributed by atoms with Crippen molar-refractivity contribution in [2.75, 3.05) is 18.0 Å². The first-order valence-corrected chi connectivity index (χ1v) is 13.3. The molecule has 0 bridgehead atoms. The van der Waals surface area contributed by atoms with Crippen molar-refractivity contribution in [1.82, 2.24) is 20.3 Å². The van der Waals surface area contributed by atoms with E-state index in [4.69, 9.17) is 16.3 Å². The van der Waals surface area contributed by atoms with Crippen LogP contribution in [0.3, 0.4) is 0 Å². The molecule has 0 saturated carbocycles. The molecule has 8 nitrogen and oxygen atoms in total. The number of pyridine rings is 1. The second kappa shape index (κ2) is 10.1. The van der Waals surface area contributed by atoms with Gasteiger partial charge in [-0.1, -0.05) is 35.9 Å². The highest BCUT2D eigenvalue weighted by atomic mass is 35.5. The van der Waals surface area contributed by atoms with Crippen molar-refractivity contribution in [3.05, 3.63) is 70.0 Å². The summed E-state index contributed by atoms with van der Waals surface area (Å²) in [7, 11) is 0. The average molecular weight is 549 g/mol. The minimum absolute atomic E-state index is 0.128. The minimum Gasteiger partial charge on any atom is -0.444 e. The number of rotatable bonds is 3. The lowest BCUT2D eigenvalue weighted by Crippen LogP contribution is -2.48. The molecule has 1 amide bonds. The Morgan fingerprint density at radius 3 is 2.64 bits per heavy atom. The van der Waals surface area contributed by atoms with Crippen molar-refractivity contribution < 1.29 is 13.9 Å². The number of benzene rings is 1. The summed E-state index contributed by atoms with van der Waals surface area (Å²) in [6, 6.07) is 11.7. The maximum atomic E-state index is 14.0. The van der Waals surface area contributed by atoms with Crippen LogP contribution in [0, 0.1) is 29.6 Å². The van der Waals surface area contributed by atoms with E-state index in [2.05, 4.69) is 43.4 Å². The molecule has 2 aliphatic rings. The van der Waals surface area contributed by atoms with Crippen molar-refractivity contribution in [1.29, 1.82) is 5.26 Å². The number of aromatic nitrogens is 3. The molecule has 5 rings (SSSR count). The quantitative estimate of drug-likeness (QED) is 0.405. The first kappa shape index (κ1) is 26.8. The van der Waals surface area contributed by atoms with E-state index in [-0.39, 0.29) is 22.2 Å². The van der Waals surface area contributed by atoms with E-state index in [1.165, 1.54) is 11.8 Å². The molecule has 1 saturated heterocycles. The number of anilines is 1. The Morgan fingerprint density at radius 1 is 1.23 bits per heavy atom. The van der Waals surface area contributed by atoms with Crippen LogP contribution in [0.5, 0.6) is 0 Å². The van der Waals surface area contributed by atoms with Crippen molar-refractivity contribution in [3.8, 4) is 17.2 Å². The van der Waals surface area contributed by atoms with Crippen molar-refractivity contribution in [2.45, 2.75) is 58.6 Å². The number of nitrogens with one attached hydrogen (secondary N) is 1. The number of nitriles is 1. The van der Waals surface area contributed by atoms with Gasteiger partial charge < -0.3 is 15.0 Å². The number of fused-ring (bicyclic) bond motifs is 1.